The number of amides is 2. The van der Waals surface area contributed by atoms with Crippen LogP contribution in [0.15, 0.2) is 22.7 Å². The number of carboxylic acids is 1. The Balaban J connectivity index is 2.79. The molecule has 0 spiro atoms. The maximum absolute atomic E-state index is 12.2. The van der Waals surface area contributed by atoms with Crippen LogP contribution in [-0.2, 0) is 4.79 Å². The van der Waals surface area contributed by atoms with Crippen LogP contribution in [0.3, 0.4) is 0 Å². The highest BCUT2D eigenvalue weighted by Gasteiger charge is 2.21. The minimum absolute atomic E-state index is 0.0689. The molecular weight excluding hydrogens is 324 g/mol. The van der Waals surface area contributed by atoms with Crippen LogP contribution in [0.2, 0.25) is 0 Å². The van der Waals surface area contributed by atoms with Crippen LogP contribution in [0.4, 0.5) is 10.5 Å². The number of benzene rings is 1. The van der Waals surface area contributed by atoms with Crippen molar-refractivity contribution in [1.82, 2.24) is 4.90 Å². The minimum atomic E-state index is -0.913. The van der Waals surface area contributed by atoms with Crippen LogP contribution in [-0.4, -0.2) is 34.6 Å². The molecule has 1 aromatic rings. The summed E-state index contributed by atoms with van der Waals surface area (Å²) in [6.07, 6.45) is -0.0689. The topological polar surface area (TPSA) is 69.6 Å². The van der Waals surface area contributed by atoms with Gasteiger partial charge in [-0.15, -0.1) is 0 Å². The number of carboxylic acid groups (broad SMARTS) is 1. The number of aliphatic carboxylic acids is 1. The number of aryl methyl sites for hydroxylation is 1. The summed E-state index contributed by atoms with van der Waals surface area (Å²) >= 11 is 3.37. The molecule has 1 aromatic carbocycles. The number of nitrogens with one attached hydrogen (secondary N) is 1. The van der Waals surface area contributed by atoms with Gasteiger partial charge in [0, 0.05) is 22.7 Å². The van der Waals surface area contributed by atoms with Crippen molar-refractivity contribution in [2.24, 2.45) is 0 Å². The summed E-state index contributed by atoms with van der Waals surface area (Å²) in [5.74, 6) is -0.913. The fourth-order valence-corrected chi connectivity index (χ4v) is 2.45. The van der Waals surface area contributed by atoms with E-state index in [0.717, 1.165) is 15.7 Å². The lowest BCUT2D eigenvalue weighted by Gasteiger charge is -2.27. The van der Waals surface area contributed by atoms with Crippen molar-refractivity contribution in [3.8, 4) is 0 Å². The Morgan fingerprint density at radius 2 is 2.10 bits per heavy atom. The van der Waals surface area contributed by atoms with E-state index < -0.39 is 5.97 Å². The monoisotopic (exact) mass is 342 g/mol. The molecule has 5 nitrogen and oxygen atoms in total. The molecule has 0 aliphatic rings. The van der Waals surface area contributed by atoms with E-state index in [9.17, 15) is 9.59 Å². The molecule has 2 N–H and O–H groups in total. The minimum Gasteiger partial charge on any atom is -0.481 e. The van der Waals surface area contributed by atoms with Gasteiger partial charge in [0.25, 0.3) is 0 Å². The molecule has 0 fully saturated rings. The third-order valence-corrected chi connectivity index (χ3v) is 3.53. The molecule has 1 atom stereocenters. The van der Waals surface area contributed by atoms with Crippen LogP contribution in [0.25, 0.3) is 0 Å². The second-order valence-corrected chi connectivity index (χ2v) is 5.54. The van der Waals surface area contributed by atoms with Gasteiger partial charge in [0.2, 0.25) is 0 Å². The van der Waals surface area contributed by atoms with Crippen molar-refractivity contribution in [3.63, 3.8) is 0 Å². The second-order valence-electron chi connectivity index (χ2n) is 4.62. The summed E-state index contributed by atoms with van der Waals surface area (Å²) < 4.78 is 0.944. The number of hydrogen-bond acceptors (Lipinski definition) is 2. The molecule has 0 aliphatic carbocycles. The number of carbonyl (C=O) groups is 2. The molecule has 1 rings (SSSR count). The van der Waals surface area contributed by atoms with E-state index in [0.29, 0.717) is 6.54 Å². The van der Waals surface area contributed by atoms with Gasteiger partial charge in [-0.1, -0.05) is 15.9 Å². The molecule has 6 heteroatoms. The largest absolute Gasteiger partial charge is 0.481 e. The highest BCUT2D eigenvalue weighted by Crippen LogP contribution is 2.20. The zero-order valence-corrected chi connectivity index (χ0v) is 13.4. The van der Waals surface area contributed by atoms with Crippen LogP contribution < -0.4 is 5.32 Å². The highest BCUT2D eigenvalue weighted by molar-refractivity contribution is 9.10. The van der Waals surface area contributed by atoms with Gasteiger partial charge < -0.3 is 15.3 Å². The van der Waals surface area contributed by atoms with E-state index in [4.69, 9.17) is 5.11 Å². The van der Waals surface area contributed by atoms with Crippen LogP contribution in [0, 0.1) is 6.92 Å². The van der Waals surface area contributed by atoms with Crippen LogP contribution >= 0.6 is 15.9 Å². The fourth-order valence-electron chi connectivity index (χ4n) is 1.97. The smallest absolute Gasteiger partial charge is 0.322 e. The lowest BCUT2D eigenvalue weighted by atomic mass is 10.2. The Morgan fingerprint density at radius 3 is 2.60 bits per heavy atom. The molecule has 0 heterocycles. The van der Waals surface area contributed by atoms with Gasteiger partial charge in [-0.25, -0.2) is 4.79 Å². The quantitative estimate of drug-likeness (QED) is 0.860. The lowest BCUT2D eigenvalue weighted by molar-refractivity contribution is -0.137. The van der Waals surface area contributed by atoms with Gasteiger partial charge >= 0.3 is 12.0 Å². The van der Waals surface area contributed by atoms with Crippen molar-refractivity contribution in [2.75, 3.05) is 11.9 Å². The van der Waals surface area contributed by atoms with Crippen molar-refractivity contribution in [2.45, 2.75) is 33.2 Å². The number of nitrogens with zero attached hydrogens (tertiary/aromatic N) is 1. The first-order valence-corrected chi connectivity index (χ1v) is 7.20. The van der Waals surface area contributed by atoms with E-state index in [1.165, 1.54) is 4.90 Å². The van der Waals surface area contributed by atoms with Crippen molar-refractivity contribution in [3.05, 3.63) is 28.2 Å². The molecule has 0 aliphatic heterocycles. The normalized spacial score (nSPS) is 11.8. The lowest BCUT2D eigenvalue weighted by Crippen LogP contribution is -2.42. The maximum atomic E-state index is 12.2. The first-order chi connectivity index (χ1) is 9.35. The average molecular weight is 343 g/mol. The Bertz CT molecular complexity index is 505. The predicted molar refractivity (Wildman–Crippen MR) is 82.0 cm³/mol. The van der Waals surface area contributed by atoms with Gasteiger partial charge in [-0.05, 0) is 44.5 Å². The molecule has 0 radical (unpaired) electrons. The summed E-state index contributed by atoms with van der Waals surface area (Å²) in [4.78, 5) is 24.5. The number of carbonyl (C=O) groups excluding carboxylic acids is 1. The molecule has 0 aromatic heterocycles. The number of anilines is 1. The third-order valence-electron chi connectivity index (χ3n) is 3.03. The summed E-state index contributed by atoms with van der Waals surface area (Å²) in [6, 6.07) is 4.93. The zero-order valence-electron chi connectivity index (χ0n) is 11.8. The molecule has 1 unspecified atom stereocenters. The fraction of sp³-hybridized carbons (Fsp3) is 0.429. The predicted octanol–water partition coefficient (Wildman–Crippen LogP) is 3.47. The highest BCUT2D eigenvalue weighted by atomic mass is 79.9. The number of urea groups is 1. The van der Waals surface area contributed by atoms with E-state index in [-0.39, 0.29) is 18.5 Å². The first kappa shape index (κ1) is 16.5. The van der Waals surface area contributed by atoms with Gasteiger partial charge in [-0.3, -0.25) is 4.79 Å². The molecule has 20 heavy (non-hydrogen) atoms. The molecule has 2 amide bonds. The number of hydrogen-bond donors (Lipinski definition) is 2. The zero-order chi connectivity index (χ0) is 15.3. The standard InChI is InChI=1S/C14H19BrN2O3/c1-4-17(10(3)8-13(18)19)14(20)16-12-6-5-11(15)7-9(12)2/h5-7,10H,4,8H2,1-3H3,(H,16,20)(H,18,19). The molecule has 110 valence electrons. The second kappa shape index (κ2) is 7.28. The molecule has 0 saturated heterocycles. The van der Waals surface area contributed by atoms with Crippen LogP contribution in [0.1, 0.15) is 25.8 Å². The van der Waals surface area contributed by atoms with E-state index in [1.807, 2.05) is 32.0 Å². The van der Waals surface area contributed by atoms with Gasteiger partial charge in [0.15, 0.2) is 0 Å². The van der Waals surface area contributed by atoms with Crippen molar-refractivity contribution in [1.29, 1.82) is 0 Å². The van der Waals surface area contributed by atoms with Crippen molar-refractivity contribution < 1.29 is 14.7 Å². The first-order valence-electron chi connectivity index (χ1n) is 6.40. The Morgan fingerprint density at radius 1 is 1.45 bits per heavy atom. The SMILES string of the molecule is CCN(C(=O)Nc1ccc(Br)cc1C)C(C)CC(=O)O. The van der Waals surface area contributed by atoms with Crippen LogP contribution in [0.5, 0.6) is 0 Å². The number of halogens is 1. The molecule has 0 saturated carbocycles. The van der Waals surface area contributed by atoms with Gasteiger partial charge in [0.05, 0.1) is 6.42 Å². The van der Waals surface area contributed by atoms with Gasteiger partial charge in [-0.2, -0.15) is 0 Å². The van der Waals surface area contributed by atoms with E-state index in [2.05, 4.69) is 21.2 Å². The summed E-state index contributed by atoms with van der Waals surface area (Å²) in [5, 5.41) is 11.6. The molecule has 0 bridgehead atoms. The third kappa shape index (κ3) is 4.52. The average Bonchev–Trinajstić information content (AvgIpc) is 2.32. The Kier molecular flexibility index (Phi) is 6.01. The van der Waals surface area contributed by atoms with E-state index in [1.54, 1.807) is 6.92 Å². The van der Waals surface area contributed by atoms with Crippen molar-refractivity contribution >= 4 is 33.6 Å². The van der Waals surface area contributed by atoms with E-state index >= 15 is 0 Å². The molecular formula is C14H19BrN2O3. The summed E-state index contributed by atoms with van der Waals surface area (Å²) in [7, 11) is 0. The van der Waals surface area contributed by atoms with Gasteiger partial charge in [0.1, 0.15) is 0 Å². The number of rotatable bonds is 5. The Hall–Kier alpha value is -1.56. The Labute approximate surface area is 127 Å². The summed E-state index contributed by atoms with van der Waals surface area (Å²) in [6.45, 7) is 5.91. The summed E-state index contributed by atoms with van der Waals surface area (Å²) in [5.41, 5.74) is 1.66. The maximum Gasteiger partial charge on any atom is 0.322 e.